The summed E-state index contributed by atoms with van der Waals surface area (Å²) in [5, 5.41) is 0. The zero-order valence-corrected chi connectivity index (χ0v) is 8.52. The van der Waals surface area contributed by atoms with Crippen LogP contribution >= 0.6 is 0 Å². The predicted octanol–water partition coefficient (Wildman–Crippen LogP) is 2.16. The summed E-state index contributed by atoms with van der Waals surface area (Å²) in [4.78, 5) is 10.9. The molecule has 0 rings (SSSR count). The molecule has 0 aliphatic carbocycles. The minimum Gasteiger partial charge on any atom is -0.456 e. The smallest absolute Gasteiger partial charge is 0.384 e. The zero-order chi connectivity index (χ0) is 10.3. The van der Waals surface area contributed by atoms with E-state index in [1.54, 1.807) is 6.92 Å². The molecule has 0 aromatic carbocycles. The first kappa shape index (κ1) is 11.8. The molecular formula is C11H16O2. The highest BCUT2D eigenvalue weighted by Gasteiger charge is 1.98. The van der Waals surface area contributed by atoms with Crippen molar-refractivity contribution in [3.8, 4) is 11.8 Å². The van der Waals surface area contributed by atoms with Gasteiger partial charge in [0.2, 0.25) is 0 Å². The Morgan fingerprint density at radius 3 is 2.54 bits per heavy atom. The first-order valence-electron chi connectivity index (χ1n) is 4.36. The van der Waals surface area contributed by atoms with Crippen molar-refractivity contribution in [3.05, 3.63) is 12.2 Å². The SMILES string of the molecule is C=C(C)C#CC(=O)OCCC(C)C. The number of allylic oxidation sites excluding steroid dienone is 1. The largest absolute Gasteiger partial charge is 0.456 e. The van der Waals surface area contributed by atoms with E-state index in [1.807, 2.05) is 0 Å². The van der Waals surface area contributed by atoms with Crippen LogP contribution in [-0.2, 0) is 9.53 Å². The fraction of sp³-hybridized carbons (Fsp3) is 0.545. The van der Waals surface area contributed by atoms with Crippen molar-refractivity contribution in [2.24, 2.45) is 5.92 Å². The van der Waals surface area contributed by atoms with Crippen LogP contribution in [0.15, 0.2) is 12.2 Å². The lowest BCUT2D eigenvalue weighted by atomic mass is 10.1. The van der Waals surface area contributed by atoms with Crippen LogP contribution in [0.2, 0.25) is 0 Å². The summed E-state index contributed by atoms with van der Waals surface area (Å²) in [6, 6.07) is 0. The van der Waals surface area contributed by atoms with Crippen molar-refractivity contribution in [1.29, 1.82) is 0 Å². The highest BCUT2D eigenvalue weighted by atomic mass is 16.5. The number of hydrogen-bond donors (Lipinski definition) is 0. The van der Waals surface area contributed by atoms with Crippen molar-refractivity contribution in [2.75, 3.05) is 6.61 Å². The molecule has 0 aliphatic heterocycles. The monoisotopic (exact) mass is 180 g/mol. The van der Waals surface area contributed by atoms with E-state index in [0.717, 1.165) is 6.42 Å². The molecule has 0 N–H and O–H groups in total. The van der Waals surface area contributed by atoms with E-state index in [1.165, 1.54) is 0 Å². The highest BCUT2D eigenvalue weighted by molar-refractivity contribution is 5.88. The van der Waals surface area contributed by atoms with Crippen LogP contribution < -0.4 is 0 Å². The van der Waals surface area contributed by atoms with Gasteiger partial charge in [-0.05, 0) is 24.8 Å². The zero-order valence-electron chi connectivity index (χ0n) is 8.52. The standard InChI is InChI=1S/C11H16O2/c1-9(2)5-6-11(12)13-8-7-10(3)4/h10H,1,7-8H2,2-4H3. The quantitative estimate of drug-likeness (QED) is 0.378. The lowest BCUT2D eigenvalue weighted by Crippen LogP contribution is -2.05. The molecule has 0 aromatic rings. The summed E-state index contributed by atoms with van der Waals surface area (Å²) in [7, 11) is 0. The van der Waals surface area contributed by atoms with Gasteiger partial charge in [-0.2, -0.15) is 0 Å². The summed E-state index contributed by atoms with van der Waals surface area (Å²) in [6.07, 6.45) is 0.875. The van der Waals surface area contributed by atoms with Crippen LogP contribution in [-0.4, -0.2) is 12.6 Å². The molecule has 0 unspecified atom stereocenters. The summed E-state index contributed by atoms with van der Waals surface area (Å²) in [5.41, 5.74) is 0.667. The van der Waals surface area contributed by atoms with Gasteiger partial charge in [-0.1, -0.05) is 26.3 Å². The molecule has 0 spiro atoms. The van der Waals surface area contributed by atoms with E-state index in [0.29, 0.717) is 18.1 Å². The van der Waals surface area contributed by atoms with Crippen molar-refractivity contribution in [2.45, 2.75) is 27.2 Å². The van der Waals surface area contributed by atoms with Crippen LogP contribution in [0.4, 0.5) is 0 Å². The molecule has 2 heteroatoms. The Labute approximate surface area is 80.0 Å². The van der Waals surface area contributed by atoms with Gasteiger partial charge in [-0.15, -0.1) is 0 Å². The van der Waals surface area contributed by atoms with Gasteiger partial charge < -0.3 is 4.74 Å². The second-order valence-corrected chi connectivity index (χ2v) is 3.35. The predicted molar refractivity (Wildman–Crippen MR) is 53.0 cm³/mol. The fourth-order valence-electron chi connectivity index (χ4n) is 0.581. The minimum absolute atomic E-state index is 0.446. The number of esters is 1. The Hall–Kier alpha value is -1.23. The van der Waals surface area contributed by atoms with Gasteiger partial charge in [0.15, 0.2) is 0 Å². The number of hydrogen-bond acceptors (Lipinski definition) is 2. The maximum absolute atomic E-state index is 10.9. The number of rotatable bonds is 3. The molecule has 0 atom stereocenters. The molecule has 0 fully saturated rings. The van der Waals surface area contributed by atoms with Gasteiger partial charge >= 0.3 is 5.97 Å². The third-order valence-corrected chi connectivity index (χ3v) is 1.31. The lowest BCUT2D eigenvalue weighted by molar-refractivity contribution is -0.136. The third kappa shape index (κ3) is 8.68. The van der Waals surface area contributed by atoms with Crippen LogP contribution in [0.25, 0.3) is 0 Å². The minimum atomic E-state index is -0.469. The average molecular weight is 180 g/mol. The average Bonchev–Trinajstić information content (AvgIpc) is 2.00. The molecule has 0 radical (unpaired) electrons. The summed E-state index contributed by atoms with van der Waals surface area (Å²) >= 11 is 0. The lowest BCUT2D eigenvalue weighted by Gasteiger charge is -2.02. The van der Waals surface area contributed by atoms with Crippen LogP contribution in [0.1, 0.15) is 27.2 Å². The summed E-state index contributed by atoms with van der Waals surface area (Å²) in [6.45, 7) is 9.90. The van der Waals surface area contributed by atoms with E-state index >= 15 is 0 Å². The molecule has 2 nitrogen and oxygen atoms in total. The molecule has 13 heavy (non-hydrogen) atoms. The Morgan fingerprint density at radius 1 is 1.46 bits per heavy atom. The number of carbonyl (C=O) groups excluding carboxylic acids is 1. The first-order chi connectivity index (χ1) is 6.02. The van der Waals surface area contributed by atoms with Gasteiger partial charge in [-0.3, -0.25) is 0 Å². The maximum Gasteiger partial charge on any atom is 0.384 e. The Bertz CT molecular complexity index is 241. The maximum atomic E-state index is 10.9. The first-order valence-corrected chi connectivity index (χ1v) is 4.36. The second-order valence-electron chi connectivity index (χ2n) is 3.35. The van der Waals surface area contributed by atoms with Crippen molar-refractivity contribution in [3.63, 3.8) is 0 Å². The van der Waals surface area contributed by atoms with Crippen LogP contribution in [0.5, 0.6) is 0 Å². The third-order valence-electron chi connectivity index (χ3n) is 1.31. The van der Waals surface area contributed by atoms with Crippen molar-refractivity contribution < 1.29 is 9.53 Å². The van der Waals surface area contributed by atoms with Crippen molar-refractivity contribution >= 4 is 5.97 Å². The van der Waals surface area contributed by atoms with Gasteiger partial charge in [0.25, 0.3) is 0 Å². The molecular weight excluding hydrogens is 164 g/mol. The molecule has 0 heterocycles. The Morgan fingerprint density at radius 2 is 2.08 bits per heavy atom. The molecule has 0 aromatic heterocycles. The highest BCUT2D eigenvalue weighted by Crippen LogP contribution is 1.98. The molecule has 0 saturated carbocycles. The van der Waals surface area contributed by atoms with Crippen LogP contribution in [0.3, 0.4) is 0 Å². The summed E-state index contributed by atoms with van der Waals surface area (Å²) in [5.74, 6) is 4.98. The van der Waals surface area contributed by atoms with Gasteiger partial charge in [0.05, 0.1) is 6.61 Å². The summed E-state index contributed by atoms with van der Waals surface area (Å²) < 4.78 is 4.85. The second kappa shape index (κ2) is 6.30. The van der Waals surface area contributed by atoms with E-state index in [-0.39, 0.29) is 0 Å². The molecule has 72 valence electrons. The van der Waals surface area contributed by atoms with Gasteiger partial charge in [0, 0.05) is 5.92 Å². The van der Waals surface area contributed by atoms with Crippen LogP contribution in [0, 0.1) is 17.8 Å². The fourth-order valence-corrected chi connectivity index (χ4v) is 0.581. The van der Waals surface area contributed by atoms with Gasteiger partial charge in [0.1, 0.15) is 0 Å². The number of ether oxygens (including phenoxy) is 1. The topological polar surface area (TPSA) is 26.3 Å². The van der Waals surface area contributed by atoms with Crippen molar-refractivity contribution in [1.82, 2.24) is 0 Å². The normalized spacial score (nSPS) is 8.92. The van der Waals surface area contributed by atoms with E-state index < -0.39 is 5.97 Å². The Balaban J connectivity index is 3.66. The molecule has 0 amide bonds. The molecule has 0 bridgehead atoms. The Kier molecular flexibility index (Phi) is 5.71. The van der Waals surface area contributed by atoms with E-state index in [4.69, 9.17) is 4.74 Å². The molecule has 0 aliphatic rings. The van der Waals surface area contributed by atoms with Gasteiger partial charge in [-0.25, -0.2) is 4.79 Å². The number of carbonyl (C=O) groups is 1. The molecule has 0 saturated heterocycles. The van der Waals surface area contributed by atoms with E-state index in [2.05, 4.69) is 32.3 Å². The van der Waals surface area contributed by atoms with E-state index in [9.17, 15) is 4.79 Å².